The molecular formula is C16H15N3O3S. The molecule has 6 nitrogen and oxygen atoms in total. The van der Waals surface area contributed by atoms with Crippen LogP contribution in [0, 0.1) is 0 Å². The highest BCUT2D eigenvalue weighted by molar-refractivity contribution is 7.18. The minimum atomic E-state index is -0.790. The van der Waals surface area contributed by atoms with Gasteiger partial charge in [-0.05, 0) is 17.5 Å². The number of nitrogens with one attached hydrogen (secondary N) is 1. The van der Waals surface area contributed by atoms with E-state index in [1.165, 1.54) is 16.9 Å². The molecule has 2 N–H and O–H groups in total. The maximum Gasteiger partial charge on any atom is 0.362 e. The molecule has 118 valence electrons. The number of aromatic amines is 1. The molecule has 0 radical (unpaired) electrons. The minimum Gasteiger partial charge on any atom is -0.421 e. The lowest BCUT2D eigenvalue weighted by Gasteiger charge is -2.26. The van der Waals surface area contributed by atoms with E-state index in [-0.39, 0.29) is 4.73 Å². The maximum atomic E-state index is 12.1. The third kappa shape index (κ3) is 2.38. The summed E-state index contributed by atoms with van der Waals surface area (Å²) in [5, 5.41) is 9.98. The van der Waals surface area contributed by atoms with Crippen molar-refractivity contribution >= 4 is 21.6 Å². The predicted octanol–water partition coefficient (Wildman–Crippen LogP) is 1.55. The van der Waals surface area contributed by atoms with Crippen molar-refractivity contribution in [1.82, 2.24) is 14.6 Å². The molecule has 0 atom stereocenters. The van der Waals surface area contributed by atoms with E-state index < -0.39 is 11.2 Å². The van der Waals surface area contributed by atoms with Crippen LogP contribution >= 0.6 is 11.3 Å². The van der Waals surface area contributed by atoms with Crippen LogP contribution in [0.3, 0.4) is 0 Å². The molecule has 0 fully saturated rings. The Morgan fingerprint density at radius 3 is 2.78 bits per heavy atom. The van der Waals surface area contributed by atoms with Crippen molar-refractivity contribution in [2.45, 2.75) is 19.5 Å². The normalized spacial score (nSPS) is 15.0. The average Bonchev–Trinajstić information content (AvgIpc) is 2.91. The summed E-state index contributed by atoms with van der Waals surface area (Å²) in [7, 11) is 0. The lowest BCUT2D eigenvalue weighted by molar-refractivity contribution is 0.162. The van der Waals surface area contributed by atoms with Gasteiger partial charge in [0.1, 0.15) is 4.83 Å². The molecule has 4 rings (SSSR count). The molecule has 0 spiro atoms. The summed E-state index contributed by atoms with van der Waals surface area (Å²) in [6.45, 7) is 2.45. The Kier molecular flexibility index (Phi) is 3.32. The maximum absolute atomic E-state index is 12.1. The molecule has 3 aromatic rings. The Hall–Kier alpha value is -2.38. The smallest absolute Gasteiger partial charge is 0.362 e. The molecule has 0 saturated carbocycles. The molecule has 0 aliphatic carbocycles. The first-order chi connectivity index (χ1) is 11.1. The van der Waals surface area contributed by atoms with Gasteiger partial charge in [0.05, 0.1) is 5.39 Å². The summed E-state index contributed by atoms with van der Waals surface area (Å²) < 4.78 is 0.158. The highest BCUT2D eigenvalue weighted by Crippen LogP contribution is 2.32. The van der Waals surface area contributed by atoms with Crippen molar-refractivity contribution in [3.63, 3.8) is 0 Å². The first-order valence-electron chi connectivity index (χ1n) is 7.38. The van der Waals surface area contributed by atoms with Crippen molar-refractivity contribution < 1.29 is 5.21 Å². The van der Waals surface area contributed by atoms with Crippen LogP contribution in [-0.2, 0) is 19.5 Å². The van der Waals surface area contributed by atoms with Crippen molar-refractivity contribution in [1.29, 1.82) is 0 Å². The van der Waals surface area contributed by atoms with Crippen molar-refractivity contribution in [3.05, 3.63) is 67.2 Å². The number of fused-ring (bicyclic) bond motifs is 3. The van der Waals surface area contributed by atoms with E-state index in [1.54, 1.807) is 0 Å². The number of aromatic nitrogens is 2. The fraction of sp³-hybridized carbons (Fsp3) is 0.250. The van der Waals surface area contributed by atoms with E-state index in [9.17, 15) is 14.8 Å². The van der Waals surface area contributed by atoms with Crippen LogP contribution < -0.4 is 11.2 Å². The SMILES string of the molecule is O=c1[nH]c2sc3c(c2c(=O)n1O)CCN(Cc1ccccc1)C3. The second kappa shape index (κ2) is 5.36. The van der Waals surface area contributed by atoms with Gasteiger partial charge in [-0.25, -0.2) is 4.79 Å². The molecule has 0 unspecified atom stereocenters. The fourth-order valence-electron chi connectivity index (χ4n) is 3.10. The summed E-state index contributed by atoms with van der Waals surface area (Å²) in [5.74, 6) is 0. The monoisotopic (exact) mass is 329 g/mol. The summed E-state index contributed by atoms with van der Waals surface area (Å²) in [6, 6.07) is 10.3. The van der Waals surface area contributed by atoms with E-state index in [4.69, 9.17) is 0 Å². The number of benzene rings is 1. The lowest BCUT2D eigenvalue weighted by Crippen LogP contribution is -2.34. The van der Waals surface area contributed by atoms with Gasteiger partial charge in [-0.2, -0.15) is 0 Å². The second-order valence-electron chi connectivity index (χ2n) is 5.70. The largest absolute Gasteiger partial charge is 0.421 e. The van der Waals surface area contributed by atoms with Crippen LogP contribution in [0.15, 0.2) is 39.9 Å². The van der Waals surface area contributed by atoms with Crippen LogP contribution in [0.2, 0.25) is 0 Å². The summed E-state index contributed by atoms with van der Waals surface area (Å²) in [6.07, 6.45) is 0.740. The van der Waals surface area contributed by atoms with Gasteiger partial charge >= 0.3 is 5.69 Å². The van der Waals surface area contributed by atoms with Gasteiger partial charge in [-0.3, -0.25) is 14.7 Å². The average molecular weight is 329 g/mol. The number of H-pyrrole nitrogens is 1. The zero-order chi connectivity index (χ0) is 16.0. The van der Waals surface area contributed by atoms with E-state index in [0.29, 0.717) is 10.2 Å². The van der Waals surface area contributed by atoms with E-state index in [2.05, 4.69) is 22.0 Å². The van der Waals surface area contributed by atoms with E-state index in [0.717, 1.165) is 36.5 Å². The molecule has 0 amide bonds. The Bertz CT molecular complexity index is 987. The van der Waals surface area contributed by atoms with Gasteiger partial charge in [0.15, 0.2) is 0 Å². The first-order valence-corrected chi connectivity index (χ1v) is 8.20. The topological polar surface area (TPSA) is 78.3 Å². The van der Waals surface area contributed by atoms with Crippen LogP contribution in [0.4, 0.5) is 0 Å². The molecule has 2 aromatic heterocycles. The van der Waals surface area contributed by atoms with Gasteiger partial charge in [0, 0.05) is 24.5 Å². The first kappa shape index (κ1) is 14.2. The van der Waals surface area contributed by atoms with Crippen molar-refractivity contribution in [3.8, 4) is 0 Å². The lowest BCUT2D eigenvalue weighted by atomic mass is 10.0. The van der Waals surface area contributed by atoms with Crippen molar-refractivity contribution in [2.24, 2.45) is 0 Å². The third-order valence-corrected chi connectivity index (χ3v) is 5.34. The number of nitrogens with zero attached hydrogens (tertiary/aromatic N) is 2. The quantitative estimate of drug-likeness (QED) is 0.699. The van der Waals surface area contributed by atoms with Gasteiger partial charge in [-0.1, -0.05) is 35.1 Å². The summed E-state index contributed by atoms with van der Waals surface area (Å²) in [5.41, 5.74) is 0.793. The second-order valence-corrected chi connectivity index (χ2v) is 6.81. The zero-order valence-electron chi connectivity index (χ0n) is 12.3. The molecular weight excluding hydrogens is 314 g/mol. The van der Waals surface area contributed by atoms with Crippen LogP contribution in [0.25, 0.3) is 10.2 Å². The molecule has 3 heterocycles. The van der Waals surface area contributed by atoms with E-state index >= 15 is 0 Å². The molecule has 1 aliphatic heterocycles. The molecule has 23 heavy (non-hydrogen) atoms. The Labute approximate surface area is 135 Å². The van der Waals surface area contributed by atoms with Gasteiger partial charge in [-0.15, -0.1) is 11.3 Å². The van der Waals surface area contributed by atoms with Crippen molar-refractivity contribution in [2.75, 3.05) is 6.54 Å². The van der Waals surface area contributed by atoms with Gasteiger partial charge in [0.25, 0.3) is 5.56 Å². The summed E-state index contributed by atoms with van der Waals surface area (Å²) >= 11 is 1.43. The zero-order valence-corrected chi connectivity index (χ0v) is 13.1. The van der Waals surface area contributed by atoms with Gasteiger partial charge in [0.2, 0.25) is 0 Å². The molecule has 1 aromatic carbocycles. The molecule has 0 saturated heterocycles. The highest BCUT2D eigenvalue weighted by atomic mass is 32.1. The van der Waals surface area contributed by atoms with Gasteiger partial charge < -0.3 is 5.21 Å². The highest BCUT2D eigenvalue weighted by Gasteiger charge is 2.24. The summed E-state index contributed by atoms with van der Waals surface area (Å²) in [4.78, 5) is 30.2. The number of hydrogen-bond donors (Lipinski definition) is 2. The fourth-order valence-corrected chi connectivity index (χ4v) is 4.37. The molecule has 1 aliphatic rings. The van der Waals surface area contributed by atoms with Crippen LogP contribution in [0.1, 0.15) is 16.0 Å². The number of rotatable bonds is 2. The Morgan fingerprint density at radius 1 is 1.22 bits per heavy atom. The molecule has 7 heteroatoms. The number of hydrogen-bond acceptors (Lipinski definition) is 5. The standard InChI is InChI=1S/C16H15N3O3S/c20-15-13-11-6-7-18(8-10-4-2-1-3-5-10)9-12(11)23-14(13)17-16(21)19(15)22/h1-5,22H,6-9H2,(H,17,21). The predicted molar refractivity (Wildman–Crippen MR) is 88.2 cm³/mol. The molecule has 0 bridgehead atoms. The van der Waals surface area contributed by atoms with Crippen LogP contribution in [-0.4, -0.2) is 26.4 Å². The Morgan fingerprint density at radius 2 is 2.00 bits per heavy atom. The van der Waals surface area contributed by atoms with Crippen LogP contribution in [0.5, 0.6) is 0 Å². The number of thiophene rings is 1. The minimum absolute atomic E-state index is 0.158. The third-order valence-electron chi connectivity index (χ3n) is 4.20. The van der Waals surface area contributed by atoms with E-state index in [1.807, 2.05) is 18.2 Å². The Balaban J connectivity index is 1.71.